The highest BCUT2D eigenvalue weighted by atomic mass is 35.5. The Labute approximate surface area is 172 Å². The second-order valence-corrected chi connectivity index (χ2v) is 8.33. The van der Waals surface area contributed by atoms with Crippen molar-refractivity contribution in [3.05, 3.63) is 111 Å². The van der Waals surface area contributed by atoms with E-state index in [0.717, 1.165) is 6.08 Å². The Hall–Kier alpha value is -3.29. The lowest BCUT2D eigenvalue weighted by atomic mass is 10.1. The molecule has 0 amide bonds. The average Bonchev–Trinajstić information content (AvgIpc) is 2.73. The van der Waals surface area contributed by atoms with Crippen LogP contribution in [0.15, 0.2) is 89.8 Å². The summed E-state index contributed by atoms with van der Waals surface area (Å²) in [5, 5.41) is 11.9. The van der Waals surface area contributed by atoms with Gasteiger partial charge in [-0.15, -0.1) is 0 Å². The van der Waals surface area contributed by atoms with Crippen LogP contribution in [0.5, 0.6) is 0 Å². The van der Waals surface area contributed by atoms with Gasteiger partial charge in [-0.25, -0.2) is 8.42 Å². The molecule has 6 nitrogen and oxygen atoms in total. The Kier molecular flexibility index (Phi) is 5.91. The van der Waals surface area contributed by atoms with Gasteiger partial charge >= 0.3 is 0 Å². The van der Waals surface area contributed by atoms with E-state index in [2.05, 4.69) is 0 Å². The predicted molar refractivity (Wildman–Crippen MR) is 110 cm³/mol. The van der Waals surface area contributed by atoms with E-state index in [4.69, 9.17) is 11.6 Å². The first-order valence-corrected chi connectivity index (χ1v) is 10.2. The molecule has 0 bridgehead atoms. The minimum Gasteiger partial charge on any atom is -0.289 e. The van der Waals surface area contributed by atoms with Crippen LogP contribution in [0, 0.1) is 10.1 Å². The topological polar surface area (TPSA) is 94.3 Å². The minimum absolute atomic E-state index is 0.0756. The molecule has 3 rings (SSSR count). The van der Waals surface area contributed by atoms with Crippen molar-refractivity contribution in [1.29, 1.82) is 0 Å². The van der Waals surface area contributed by atoms with Crippen molar-refractivity contribution in [3.63, 3.8) is 0 Å². The highest BCUT2D eigenvalue weighted by Gasteiger charge is 2.29. The maximum absolute atomic E-state index is 13.3. The first-order chi connectivity index (χ1) is 13.8. The van der Waals surface area contributed by atoms with Crippen LogP contribution in [0.2, 0.25) is 5.02 Å². The van der Waals surface area contributed by atoms with Gasteiger partial charge in [-0.1, -0.05) is 41.9 Å². The zero-order valence-electron chi connectivity index (χ0n) is 14.9. The monoisotopic (exact) mass is 427 g/mol. The van der Waals surface area contributed by atoms with Crippen molar-refractivity contribution >= 4 is 37.8 Å². The Morgan fingerprint density at radius 1 is 0.897 bits per heavy atom. The lowest BCUT2D eigenvalue weighted by Crippen LogP contribution is -2.09. The fourth-order valence-electron chi connectivity index (χ4n) is 2.68. The van der Waals surface area contributed by atoms with Crippen LogP contribution in [0.4, 0.5) is 5.69 Å². The van der Waals surface area contributed by atoms with Gasteiger partial charge < -0.3 is 0 Å². The fraction of sp³-hybridized carbons (Fsp3) is 0. The normalized spacial score (nSPS) is 11.8. The number of nitrogens with zero attached hydrogens (tertiary/aromatic N) is 1. The van der Waals surface area contributed by atoms with Crippen LogP contribution in [0.3, 0.4) is 0 Å². The van der Waals surface area contributed by atoms with Crippen LogP contribution in [0.1, 0.15) is 15.9 Å². The summed E-state index contributed by atoms with van der Waals surface area (Å²) in [6.07, 6.45) is 0.911. The van der Waals surface area contributed by atoms with Crippen molar-refractivity contribution in [2.24, 2.45) is 0 Å². The van der Waals surface area contributed by atoms with Gasteiger partial charge in [-0.05, 0) is 42.5 Å². The highest BCUT2D eigenvalue weighted by Crippen LogP contribution is 2.34. The first-order valence-electron chi connectivity index (χ1n) is 8.36. The van der Waals surface area contributed by atoms with E-state index < -0.39 is 31.1 Å². The predicted octanol–water partition coefficient (Wildman–Crippen LogP) is 4.95. The highest BCUT2D eigenvalue weighted by molar-refractivity contribution is 8.00. The lowest BCUT2D eigenvalue weighted by molar-refractivity contribution is -0.385. The number of sulfone groups is 1. The Morgan fingerprint density at radius 2 is 1.48 bits per heavy atom. The molecule has 0 unspecified atom stereocenters. The Morgan fingerprint density at radius 3 is 2.10 bits per heavy atom. The van der Waals surface area contributed by atoms with Gasteiger partial charge in [-0.2, -0.15) is 0 Å². The molecule has 0 aromatic heterocycles. The van der Waals surface area contributed by atoms with Crippen LogP contribution in [-0.4, -0.2) is 19.1 Å². The van der Waals surface area contributed by atoms with Gasteiger partial charge in [0.1, 0.15) is 0 Å². The number of allylic oxidation sites excluding steroid dienone is 1. The molecule has 8 heteroatoms. The van der Waals surface area contributed by atoms with E-state index in [1.54, 1.807) is 6.07 Å². The van der Waals surface area contributed by atoms with E-state index in [-0.39, 0.29) is 16.0 Å². The molecule has 0 radical (unpaired) electrons. The molecular formula is C21H14ClNO5S. The summed E-state index contributed by atoms with van der Waals surface area (Å²) >= 11 is 5.83. The molecular weight excluding hydrogens is 414 g/mol. The van der Waals surface area contributed by atoms with E-state index in [1.807, 2.05) is 0 Å². The number of hydrogen-bond acceptors (Lipinski definition) is 5. The zero-order chi connectivity index (χ0) is 21.0. The van der Waals surface area contributed by atoms with E-state index in [1.165, 1.54) is 72.8 Å². The van der Waals surface area contributed by atoms with E-state index in [9.17, 15) is 23.3 Å². The molecule has 3 aromatic carbocycles. The molecule has 0 N–H and O–H groups in total. The number of carbonyl (C=O) groups excluding carboxylic acids is 1. The second kappa shape index (κ2) is 8.38. The van der Waals surface area contributed by atoms with Crippen molar-refractivity contribution in [3.8, 4) is 0 Å². The molecule has 29 heavy (non-hydrogen) atoms. The number of nitro groups is 1. The summed E-state index contributed by atoms with van der Waals surface area (Å²) in [7, 11) is -4.21. The zero-order valence-corrected chi connectivity index (χ0v) is 16.4. The third-order valence-corrected chi connectivity index (χ3v) is 6.16. The Balaban J connectivity index is 2.24. The summed E-state index contributed by atoms with van der Waals surface area (Å²) < 4.78 is 26.5. The third-order valence-electron chi connectivity index (χ3n) is 4.10. The molecule has 0 fully saturated rings. The van der Waals surface area contributed by atoms with Crippen LogP contribution < -0.4 is 0 Å². The summed E-state index contributed by atoms with van der Waals surface area (Å²) in [6, 6.07) is 18.7. The number of ketones is 1. The molecule has 0 saturated heterocycles. The molecule has 0 heterocycles. The van der Waals surface area contributed by atoms with Crippen molar-refractivity contribution < 1.29 is 18.1 Å². The SMILES string of the molecule is O=C(/C=C(/c1ccccc1[N+](=O)[O-])S(=O)(=O)c1ccccc1)c1ccc(Cl)cc1. The largest absolute Gasteiger partial charge is 0.289 e. The molecule has 0 atom stereocenters. The number of para-hydroxylation sites is 1. The minimum atomic E-state index is -4.21. The van der Waals surface area contributed by atoms with Gasteiger partial charge in [-0.3, -0.25) is 14.9 Å². The fourth-order valence-corrected chi connectivity index (χ4v) is 4.30. The van der Waals surface area contributed by atoms with Gasteiger partial charge in [0, 0.05) is 22.7 Å². The molecule has 146 valence electrons. The number of hydrogen-bond donors (Lipinski definition) is 0. The van der Waals surface area contributed by atoms with Crippen LogP contribution in [-0.2, 0) is 9.84 Å². The van der Waals surface area contributed by atoms with Gasteiger partial charge in [0.15, 0.2) is 5.78 Å². The summed E-state index contributed by atoms with van der Waals surface area (Å²) in [6.45, 7) is 0. The molecule has 0 saturated carbocycles. The van der Waals surface area contributed by atoms with Crippen molar-refractivity contribution in [2.75, 3.05) is 0 Å². The van der Waals surface area contributed by atoms with Crippen LogP contribution >= 0.6 is 11.6 Å². The maximum atomic E-state index is 13.3. The standard InChI is InChI=1S/C21H14ClNO5S/c22-16-12-10-15(11-13-16)20(24)14-21(18-8-4-5-9-19(18)23(25)26)29(27,28)17-6-2-1-3-7-17/h1-14H/b21-14-. The van der Waals surface area contributed by atoms with Crippen LogP contribution in [0.25, 0.3) is 4.91 Å². The van der Waals surface area contributed by atoms with Gasteiger partial charge in [0.25, 0.3) is 5.69 Å². The number of benzene rings is 3. The lowest BCUT2D eigenvalue weighted by Gasteiger charge is -2.10. The Bertz CT molecular complexity index is 1200. The molecule has 0 aliphatic heterocycles. The number of carbonyl (C=O) groups is 1. The number of nitro benzene ring substituents is 1. The number of halogens is 1. The summed E-state index contributed by atoms with van der Waals surface area (Å²) in [5.41, 5.74) is -0.375. The molecule has 0 aliphatic carbocycles. The van der Waals surface area contributed by atoms with E-state index in [0.29, 0.717) is 5.02 Å². The average molecular weight is 428 g/mol. The summed E-state index contributed by atoms with van der Waals surface area (Å²) in [4.78, 5) is 23.0. The quantitative estimate of drug-likeness (QED) is 0.240. The molecule has 0 aliphatic rings. The van der Waals surface area contributed by atoms with E-state index >= 15 is 0 Å². The molecule has 0 spiro atoms. The maximum Gasteiger partial charge on any atom is 0.277 e. The summed E-state index contributed by atoms with van der Waals surface area (Å²) in [5.74, 6) is -0.616. The van der Waals surface area contributed by atoms with Crippen molar-refractivity contribution in [1.82, 2.24) is 0 Å². The van der Waals surface area contributed by atoms with Crippen molar-refractivity contribution in [2.45, 2.75) is 4.90 Å². The smallest absolute Gasteiger partial charge is 0.277 e. The first kappa shape index (κ1) is 20.4. The molecule has 3 aromatic rings. The van der Waals surface area contributed by atoms with Gasteiger partial charge in [0.2, 0.25) is 9.84 Å². The number of rotatable bonds is 6. The third kappa shape index (κ3) is 4.42. The van der Waals surface area contributed by atoms with Gasteiger partial charge in [0.05, 0.1) is 20.3 Å². The second-order valence-electron chi connectivity index (χ2n) is 5.97.